The molecule has 1 N–H and O–H groups in total. The second kappa shape index (κ2) is 8.48. The number of para-hydroxylation sites is 1. The maximum absolute atomic E-state index is 13.5. The van der Waals surface area contributed by atoms with Crippen molar-refractivity contribution in [3.8, 4) is 0 Å². The molecule has 0 saturated carbocycles. The average molecular weight is 367 g/mol. The molecule has 132 valence electrons. The van der Waals surface area contributed by atoms with Gasteiger partial charge in [0.15, 0.2) is 11.9 Å². The summed E-state index contributed by atoms with van der Waals surface area (Å²) in [4.78, 5) is 35.9. The van der Waals surface area contributed by atoms with E-state index >= 15 is 0 Å². The highest BCUT2D eigenvalue weighted by Crippen LogP contribution is 2.18. The first-order chi connectivity index (χ1) is 11.9. The lowest BCUT2D eigenvalue weighted by Crippen LogP contribution is -2.30. The molecule has 1 aromatic carbocycles. The highest BCUT2D eigenvalue weighted by molar-refractivity contribution is 7.12. The minimum absolute atomic E-state index is 0.0460. The van der Waals surface area contributed by atoms with Crippen molar-refractivity contribution < 1.29 is 27.9 Å². The van der Waals surface area contributed by atoms with Crippen LogP contribution in [-0.2, 0) is 14.3 Å². The number of amides is 1. The number of anilines is 1. The van der Waals surface area contributed by atoms with Crippen molar-refractivity contribution in [2.75, 3.05) is 5.32 Å². The van der Waals surface area contributed by atoms with E-state index in [1.54, 1.807) is 17.5 Å². The zero-order valence-electron chi connectivity index (χ0n) is 13.3. The number of rotatable bonds is 7. The Morgan fingerprint density at radius 3 is 2.40 bits per heavy atom. The van der Waals surface area contributed by atoms with Gasteiger partial charge in [0.05, 0.1) is 11.3 Å². The number of esters is 1. The topological polar surface area (TPSA) is 72.5 Å². The van der Waals surface area contributed by atoms with Crippen molar-refractivity contribution in [3.63, 3.8) is 0 Å². The van der Waals surface area contributed by atoms with Crippen LogP contribution in [0.4, 0.5) is 14.5 Å². The van der Waals surface area contributed by atoms with Gasteiger partial charge in [-0.2, -0.15) is 0 Å². The van der Waals surface area contributed by atoms with Crippen molar-refractivity contribution in [1.82, 2.24) is 0 Å². The van der Waals surface area contributed by atoms with Crippen molar-refractivity contribution >= 4 is 34.7 Å². The highest BCUT2D eigenvalue weighted by Gasteiger charge is 2.21. The number of ether oxygens (including phenoxy) is 1. The molecule has 5 nitrogen and oxygen atoms in total. The van der Waals surface area contributed by atoms with E-state index in [0.29, 0.717) is 4.88 Å². The summed E-state index contributed by atoms with van der Waals surface area (Å²) in [5, 5.41) is 3.79. The molecule has 0 aliphatic rings. The van der Waals surface area contributed by atoms with E-state index in [-0.39, 0.29) is 18.6 Å². The third-order valence-electron chi connectivity index (χ3n) is 3.24. The Morgan fingerprint density at radius 1 is 1.12 bits per heavy atom. The van der Waals surface area contributed by atoms with E-state index in [1.165, 1.54) is 18.3 Å². The van der Waals surface area contributed by atoms with Crippen LogP contribution in [0.1, 0.15) is 29.4 Å². The lowest BCUT2D eigenvalue weighted by atomic mass is 10.2. The maximum atomic E-state index is 13.5. The molecule has 1 heterocycles. The first-order valence-electron chi connectivity index (χ1n) is 7.39. The average Bonchev–Trinajstić information content (AvgIpc) is 3.10. The number of hydrogen-bond acceptors (Lipinski definition) is 5. The molecule has 2 aromatic rings. The van der Waals surface area contributed by atoms with Crippen LogP contribution in [0.3, 0.4) is 0 Å². The molecule has 0 saturated heterocycles. The summed E-state index contributed by atoms with van der Waals surface area (Å²) in [6.45, 7) is 1.27. The maximum Gasteiger partial charge on any atom is 0.307 e. The Balaban J connectivity index is 1.84. The largest absolute Gasteiger partial charge is 0.453 e. The molecule has 0 aliphatic carbocycles. The van der Waals surface area contributed by atoms with Crippen LogP contribution in [0.25, 0.3) is 0 Å². The standard InChI is InChI=1S/C17H15F2NO4S/c1-10(17(23)20-16-11(18)4-2-5-12(16)19)24-15(22)8-7-13(21)14-6-3-9-25-14/h2-6,9-10H,7-8H2,1H3,(H,20,23). The molecule has 8 heteroatoms. The van der Waals surface area contributed by atoms with Crippen LogP contribution in [0, 0.1) is 11.6 Å². The molecular weight excluding hydrogens is 352 g/mol. The molecule has 0 spiro atoms. The van der Waals surface area contributed by atoms with Crippen molar-refractivity contribution in [3.05, 3.63) is 52.2 Å². The van der Waals surface area contributed by atoms with E-state index in [4.69, 9.17) is 4.74 Å². The third kappa shape index (κ3) is 5.18. The fourth-order valence-corrected chi connectivity index (χ4v) is 2.62. The van der Waals surface area contributed by atoms with Gasteiger partial charge in [-0.25, -0.2) is 8.78 Å². The fraction of sp³-hybridized carbons (Fsp3) is 0.235. The third-order valence-corrected chi connectivity index (χ3v) is 4.15. The molecule has 1 atom stereocenters. The summed E-state index contributed by atoms with van der Waals surface area (Å²) >= 11 is 1.27. The predicted octanol–water partition coefficient (Wildman–Crippen LogP) is 3.56. The molecule has 0 aliphatic heterocycles. The smallest absolute Gasteiger partial charge is 0.307 e. The molecule has 2 rings (SSSR count). The molecular formula is C17H15F2NO4S. The molecule has 1 aromatic heterocycles. The lowest BCUT2D eigenvalue weighted by Gasteiger charge is -2.14. The van der Waals surface area contributed by atoms with Gasteiger partial charge in [-0.3, -0.25) is 14.4 Å². The number of hydrogen-bond donors (Lipinski definition) is 1. The Hall–Kier alpha value is -2.61. The SMILES string of the molecule is CC(OC(=O)CCC(=O)c1cccs1)C(=O)Nc1c(F)cccc1F. The number of carbonyl (C=O) groups excluding carboxylic acids is 3. The summed E-state index contributed by atoms with van der Waals surface area (Å²) in [6, 6.07) is 6.52. The number of Topliss-reactive ketones (excluding diaryl/α,β-unsaturated/α-hetero) is 1. The van der Waals surface area contributed by atoms with Gasteiger partial charge in [0.25, 0.3) is 5.91 Å². The quantitative estimate of drug-likeness (QED) is 0.600. The van der Waals surface area contributed by atoms with Gasteiger partial charge in [0.2, 0.25) is 0 Å². The predicted molar refractivity (Wildman–Crippen MR) is 88.4 cm³/mol. The van der Waals surface area contributed by atoms with Crippen molar-refractivity contribution in [2.24, 2.45) is 0 Å². The zero-order chi connectivity index (χ0) is 18.4. The molecule has 1 amide bonds. The summed E-state index contributed by atoms with van der Waals surface area (Å²) in [6.07, 6.45) is -1.50. The van der Waals surface area contributed by atoms with Gasteiger partial charge in [0.1, 0.15) is 17.3 Å². The van der Waals surface area contributed by atoms with Crippen molar-refractivity contribution in [2.45, 2.75) is 25.9 Å². The van der Waals surface area contributed by atoms with Crippen LogP contribution in [0.15, 0.2) is 35.7 Å². The van der Waals surface area contributed by atoms with Crippen molar-refractivity contribution in [1.29, 1.82) is 0 Å². The number of ketones is 1. The van der Waals surface area contributed by atoms with Gasteiger partial charge in [-0.1, -0.05) is 12.1 Å². The fourth-order valence-electron chi connectivity index (χ4n) is 1.93. The number of halogens is 2. The minimum atomic E-state index is -1.26. The Labute approximate surface area is 146 Å². The Kier molecular flexibility index (Phi) is 6.35. The van der Waals surface area contributed by atoms with E-state index in [9.17, 15) is 23.2 Å². The molecule has 1 unspecified atom stereocenters. The Bertz CT molecular complexity index is 757. The summed E-state index contributed by atoms with van der Waals surface area (Å²) < 4.78 is 31.9. The van der Waals surface area contributed by atoms with Gasteiger partial charge >= 0.3 is 5.97 Å². The van der Waals surface area contributed by atoms with Gasteiger partial charge in [0, 0.05) is 6.42 Å². The van der Waals surface area contributed by atoms with E-state index in [2.05, 4.69) is 0 Å². The first kappa shape index (κ1) is 18.7. The summed E-state index contributed by atoms with van der Waals surface area (Å²) in [5.41, 5.74) is -0.608. The second-order valence-corrected chi connectivity index (χ2v) is 6.07. The normalized spacial score (nSPS) is 11.6. The summed E-state index contributed by atoms with van der Waals surface area (Å²) in [7, 11) is 0. The monoisotopic (exact) mass is 367 g/mol. The second-order valence-electron chi connectivity index (χ2n) is 5.12. The highest BCUT2D eigenvalue weighted by atomic mass is 32.1. The van der Waals surface area contributed by atoms with Gasteiger partial charge < -0.3 is 10.1 Å². The number of thiophene rings is 1. The minimum Gasteiger partial charge on any atom is -0.453 e. The van der Waals surface area contributed by atoms with E-state index in [0.717, 1.165) is 18.2 Å². The first-order valence-corrected chi connectivity index (χ1v) is 8.27. The van der Waals surface area contributed by atoms with E-state index < -0.39 is 35.3 Å². The van der Waals surface area contributed by atoms with Crippen LogP contribution in [-0.4, -0.2) is 23.8 Å². The van der Waals surface area contributed by atoms with Crippen LogP contribution in [0.5, 0.6) is 0 Å². The Morgan fingerprint density at radius 2 is 1.80 bits per heavy atom. The molecule has 0 bridgehead atoms. The number of benzene rings is 1. The van der Waals surface area contributed by atoms with Crippen LogP contribution >= 0.6 is 11.3 Å². The molecule has 25 heavy (non-hydrogen) atoms. The number of carbonyl (C=O) groups is 3. The van der Waals surface area contributed by atoms with Crippen LogP contribution in [0.2, 0.25) is 0 Å². The zero-order valence-corrected chi connectivity index (χ0v) is 14.1. The van der Waals surface area contributed by atoms with Gasteiger partial charge in [-0.15, -0.1) is 11.3 Å². The van der Waals surface area contributed by atoms with Gasteiger partial charge in [-0.05, 0) is 30.5 Å². The van der Waals surface area contributed by atoms with Crippen LogP contribution < -0.4 is 5.32 Å². The molecule has 0 radical (unpaired) electrons. The number of nitrogens with one attached hydrogen (secondary N) is 1. The lowest BCUT2D eigenvalue weighted by molar-refractivity contribution is -0.153. The summed E-state index contributed by atoms with van der Waals surface area (Å²) in [5.74, 6) is -3.69. The molecule has 0 fully saturated rings. The van der Waals surface area contributed by atoms with E-state index in [1.807, 2.05) is 5.32 Å².